The van der Waals surface area contributed by atoms with Crippen LogP contribution >= 0.6 is 11.6 Å². The Bertz CT molecular complexity index is 1100. The molecule has 0 fully saturated rings. The number of amides is 2. The van der Waals surface area contributed by atoms with Gasteiger partial charge in [0.25, 0.3) is 5.91 Å². The summed E-state index contributed by atoms with van der Waals surface area (Å²) >= 11 is 6.22. The maximum Gasteiger partial charge on any atom is 0.255 e. The predicted molar refractivity (Wildman–Crippen MR) is 128 cm³/mol. The lowest BCUT2D eigenvalue weighted by atomic mass is 10.1. The summed E-state index contributed by atoms with van der Waals surface area (Å²) < 4.78 is 10.9. The van der Waals surface area contributed by atoms with Gasteiger partial charge in [-0.2, -0.15) is 0 Å². The number of nitrogens with one attached hydrogen (secondary N) is 2. The highest BCUT2D eigenvalue weighted by Gasteiger charge is 2.21. The van der Waals surface area contributed by atoms with Gasteiger partial charge in [-0.3, -0.25) is 9.59 Å². The number of rotatable bonds is 11. The van der Waals surface area contributed by atoms with Gasteiger partial charge < -0.3 is 25.8 Å². The second-order valence-corrected chi connectivity index (χ2v) is 7.75. The monoisotopic (exact) mass is 483 g/mol. The number of carbonyl (C=O) groups is 2. The summed E-state index contributed by atoms with van der Waals surface area (Å²) in [6.45, 7) is 0.694. The van der Waals surface area contributed by atoms with E-state index in [2.05, 4.69) is 20.6 Å². The number of carbonyl (C=O) groups excluding carboxylic acids is 2. The van der Waals surface area contributed by atoms with Crippen LogP contribution in [0.2, 0.25) is 5.02 Å². The van der Waals surface area contributed by atoms with Gasteiger partial charge in [0, 0.05) is 25.0 Å². The third-order valence-corrected chi connectivity index (χ3v) is 5.19. The number of halogens is 1. The smallest absolute Gasteiger partial charge is 0.255 e. The van der Waals surface area contributed by atoms with E-state index in [1.165, 1.54) is 18.7 Å². The van der Waals surface area contributed by atoms with Crippen LogP contribution in [-0.4, -0.2) is 41.5 Å². The molecule has 1 heterocycles. The fourth-order valence-electron chi connectivity index (χ4n) is 3.05. The zero-order chi connectivity index (χ0) is 24.3. The molecule has 1 aromatic heterocycles. The van der Waals surface area contributed by atoms with Crippen LogP contribution in [0.4, 0.5) is 0 Å². The highest BCUT2D eigenvalue weighted by Crippen LogP contribution is 2.32. The molecule has 0 spiro atoms. The summed E-state index contributed by atoms with van der Waals surface area (Å²) in [5.41, 5.74) is 6.73. The van der Waals surface area contributed by atoms with Crippen molar-refractivity contribution in [3.05, 3.63) is 77.3 Å². The summed E-state index contributed by atoms with van der Waals surface area (Å²) in [6, 6.07) is 11.7. The molecule has 34 heavy (non-hydrogen) atoms. The van der Waals surface area contributed by atoms with Gasteiger partial charge in [0.2, 0.25) is 5.91 Å². The molecule has 0 saturated carbocycles. The van der Waals surface area contributed by atoms with Crippen LogP contribution in [0, 0.1) is 0 Å². The molecular formula is C24H26ClN5O4. The van der Waals surface area contributed by atoms with E-state index in [0.717, 1.165) is 5.56 Å². The Kier molecular flexibility index (Phi) is 9.19. The fraction of sp³-hybridized carbons (Fsp3) is 0.250. The van der Waals surface area contributed by atoms with Crippen LogP contribution in [0.1, 0.15) is 28.8 Å². The number of benzene rings is 2. The van der Waals surface area contributed by atoms with Crippen molar-refractivity contribution in [1.29, 1.82) is 0 Å². The third kappa shape index (κ3) is 7.16. The Morgan fingerprint density at radius 3 is 2.44 bits per heavy atom. The van der Waals surface area contributed by atoms with Crippen molar-refractivity contribution in [3.8, 4) is 17.2 Å². The Labute approximate surface area is 202 Å². The molecule has 9 nitrogen and oxygen atoms in total. The number of nitrogens with zero attached hydrogens (tertiary/aromatic N) is 2. The lowest BCUT2D eigenvalue weighted by Gasteiger charge is -2.18. The maximum atomic E-state index is 12.7. The molecule has 3 rings (SSSR count). The van der Waals surface area contributed by atoms with E-state index in [4.69, 9.17) is 26.8 Å². The lowest BCUT2D eigenvalue weighted by Crippen LogP contribution is -2.46. The van der Waals surface area contributed by atoms with Gasteiger partial charge in [0.15, 0.2) is 0 Å². The van der Waals surface area contributed by atoms with Crippen molar-refractivity contribution in [3.63, 3.8) is 0 Å². The number of hydrogen-bond acceptors (Lipinski definition) is 7. The second-order valence-electron chi connectivity index (χ2n) is 7.34. The van der Waals surface area contributed by atoms with E-state index in [-0.39, 0.29) is 18.0 Å². The van der Waals surface area contributed by atoms with Gasteiger partial charge in [-0.15, -0.1) is 0 Å². The minimum atomic E-state index is -0.726. The highest BCUT2D eigenvalue weighted by atomic mass is 35.5. The summed E-state index contributed by atoms with van der Waals surface area (Å²) in [4.78, 5) is 32.8. The lowest BCUT2D eigenvalue weighted by molar-refractivity contribution is -0.123. The Balaban J connectivity index is 1.56. The van der Waals surface area contributed by atoms with Crippen molar-refractivity contribution in [2.75, 3.05) is 13.7 Å². The molecule has 0 radical (unpaired) electrons. The first-order chi connectivity index (χ1) is 16.5. The zero-order valence-electron chi connectivity index (χ0n) is 18.7. The van der Waals surface area contributed by atoms with E-state index in [9.17, 15) is 9.59 Å². The van der Waals surface area contributed by atoms with E-state index in [1.807, 2.05) is 12.1 Å². The average molecular weight is 484 g/mol. The largest absolute Gasteiger partial charge is 0.497 e. The van der Waals surface area contributed by atoms with Crippen LogP contribution < -0.4 is 25.8 Å². The summed E-state index contributed by atoms with van der Waals surface area (Å²) in [5, 5.41) is 6.01. The third-order valence-electron chi connectivity index (χ3n) is 4.90. The van der Waals surface area contributed by atoms with E-state index >= 15 is 0 Å². The highest BCUT2D eigenvalue weighted by molar-refractivity contribution is 6.32. The second kappa shape index (κ2) is 12.5. The molecule has 0 saturated heterocycles. The quantitative estimate of drug-likeness (QED) is 0.382. The molecule has 0 unspecified atom stereocenters. The molecule has 1 atom stereocenters. The van der Waals surface area contributed by atoms with Gasteiger partial charge in [-0.25, -0.2) is 9.97 Å². The van der Waals surface area contributed by atoms with Gasteiger partial charge in [0.1, 0.15) is 29.6 Å². The SMILES string of the molecule is COc1ccc(Oc2ccc(CNC(=O)[C@H](CCCN)NC(=O)c3cncnc3)cc2)c(Cl)c1. The molecule has 0 bridgehead atoms. The maximum absolute atomic E-state index is 12.7. The minimum absolute atomic E-state index is 0.278. The van der Waals surface area contributed by atoms with Gasteiger partial charge >= 0.3 is 0 Å². The molecule has 178 valence electrons. The summed E-state index contributed by atoms with van der Waals surface area (Å²) in [5.74, 6) is 1.02. The Morgan fingerprint density at radius 2 is 1.79 bits per heavy atom. The van der Waals surface area contributed by atoms with Crippen LogP contribution in [0.25, 0.3) is 0 Å². The number of hydrogen-bond donors (Lipinski definition) is 3. The first-order valence-corrected chi connectivity index (χ1v) is 11.0. The fourth-order valence-corrected chi connectivity index (χ4v) is 3.26. The van der Waals surface area contributed by atoms with E-state index in [1.54, 1.807) is 37.4 Å². The molecule has 10 heteroatoms. The molecule has 3 aromatic rings. The normalized spacial score (nSPS) is 11.4. The molecule has 0 aliphatic heterocycles. The average Bonchev–Trinajstić information content (AvgIpc) is 2.87. The number of nitrogens with two attached hydrogens (primary N) is 1. The molecule has 2 aromatic carbocycles. The summed E-state index contributed by atoms with van der Waals surface area (Å²) in [7, 11) is 1.57. The van der Waals surface area contributed by atoms with Crippen LogP contribution in [-0.2, 0) is 11.3 Å². The van der Waals surface area contributed by atoms with Crippen molar-refractivity contribution < 1.29 is 19.1 Å². The topological polar surface area (TPSA) is 128 Å². The first-order valence-electron chi connectivity index (χ1n) is 10.6. The minimum Gasteiger partial charge on any atom is -0.497 e. The van der Waals surface area contributed by atoms with Gasteiger partial charge in [-0.1, -0.05) is 23.7 Å². The number of aromatic nitrogens is 2. The summed E-state index contributed by atoms with van der Waals surface area (Å²) in [6.07, 6.45) is 5.12. The molecule has 0 aliphatic rings. The van der Waals surface area contributed by atoms with Crippen LogP contribution in [0.5, 0.6) is 17.2 Å². The van der Waals surface area contributed by atoms with E-state index in [0.29, 0.717) is 41.7 Å². The van der Waals surface area contributed by atoms with Crippen molar-refractivity contribution in [2.45, 2.75) is 25.4 Å². The van der Waals surface area contributed by atoms with E-state index < -0.39 is 11.9 Å². The standard InChI is InChI=1S/C24H26ClN5O4/c1-33-19-8-9-22(20(25)11-19)34-18-6-4-16(5-7-18)12-29-24(32)21(3-2-10-26)30-23(31)17-13-27-15-28-14-17/h4-9,11,13-15,21H,2-3,10,12,26H2,1H3,(H,29,32)(H,30,31)/t21-/m0/s1. The van der Waals surface area contributed by atoms with Crippen molar-refractivity contribution in [1.82, 2.24) is 20.6 Å². The Morgan fingerprint density at radius 1 is 1.09 bits per heavy atom. The first kappa shape index (κ1) is 24.9. The zero-order valence-corrected chi connectivity index (χ0v) is 19.4. The molecule has 2 amide bonds. The molecular weight excluding hydrogens is 458 g/mol. The molecule has 0 aliphatic carbocycles. The number of ether oxygens (including phenoxy) is 2. The Hall–Kier alpha value is -3.69. The van der Waals surface area contributed by atoms with Crippen LogP contribution in [0.3, 0.4) is 0 Å². The van der Waals surface area contributed by atoms with Gasteiger partial charge in [-0.05, 0) is 49.2 Å². The van der Waals surface area contributed by atoms with Crippen LogP contribution in [0.15, 0.2) is 61.2 Å². The van der Waals surface area contributed by atoms with Crippen molar-refractivity contribution >= 4 is 23.4 Å². The van der Waals surface area contributed by atoms with Gasteiger partial charge in [0.05, 0.1) is 17.7 Å². The van der Waals surface area contributed by atoms with Crippen molar-refractivity contribution in [2.24, 2.45) is 5.73 Å². The molecule has 4 N–H and O–H groups in total. The predicted octanol–water partition coefficient (Wildman–Crippen LogP) is 3.08. The number of methoxy groups -OCH3 is 1.